The minimum atomic E-state index is -0.489. The number of unbranched alkanes of at least 4 members (excludes halogenated alkanes) is 1. The molecule has 5 heteroatoms. The van der Waals surface area contributed by atoms with Crippen LogP contribution in [-0.2, 0) is 9.59 Å². The lowest BCUT2D eigenvalue weighted by atomic mass is 9.68. The van der Waals surface area contributed by atoms with E-state index in [9.17, 15) is 9.59 Å². The first kappa shape index (κ1) is 24.8. The fourth-order valence-electron chi connectivity index (χ4n) is 5.13. The van der Waals surface area contributed by atoms with Crippen molar-refractivity contribution in [1.29, 1.82) is 0 Å². The molecule has 5 nitrogen and oxygen atoms in total. The van der Waals surface area contributed by atoms with E-state index in [-0.39, 0.29) is 17.1 Å². The molecule has 184 valence electrons. The van der Waals surface area contributed by atoms with E-state index in [2.05, 4.69) is 31.4 Å². The number of para-hydroxylation sites is 2. The van der Waals surface area contributed by atoms with Crippen LogP contribution < -0.4 is 15.4 Å². The van der Waals surface area contributed by atoms with E-state index >= 15 is 0 Å². The zero-order chi connectivity index (χ0) is 25.2. The van der Waals surface area contributed by atoms with Crippen LogP contribution in [0.3, 0.4) is 0 Å². The van der Waals surface area contributed by atoms with E-state index in [1.807, 2.05) is 62.4 Å². The third kappa shape index (κ3) is 5.19. The Balaban J connectivity index is 1.82. The van der Waals surface area contributed by atoms with Gasteiger partial charge in [0.15, 0.2) is 5.78 Å². The second-order valence-electron chi connectivity index (χ2n) is 10.4. The maximum Gasteiger partial charge on any atom is 0.254 e. The van der Waals surface area contributed by atoms with E-state index in [4.69, 9.17) is 4.74 Å². The Labute approximate surface area is 208 Å². The summed E-state index contributed by atoms with van der Waals surface area (Å²) in [6.07, 6.45) is 3.18. The average molecular weight is 473 g/mol. The number of allylic oxidation sites excluding steroid dienone is 3. The van der Waals surface area contributed by atoms with Gasteiger partial charge in [0.2, 0.25) is 0 Å². The quantitative estimate of drug-likeness (QED) is 0.457. The highest BCUT2D eigenvalue weighted by Crippen LogP contribution is 2.48. The van der Waals surface area contributed by atoms with Gasteiger partial charge in [-0.1, -0.05) is 63.6 Å². The monoisotopic (exact) mass is 472 g/mol. The molecule has 1 atom stereocenters. The van der Waals surface area contributed by atoms with Crippen molar-refractivity contribution in [3.63, 3.8) is 0 Å². The van der Waals surface area contributed by atoms with Gasteiger partial charge in [-0.15, -0.1) is 0 Å². The average Bonchev–Trinajstić information content (AvgIpc) is 2.79. The summed E-state index contributed by atoms with van der Waals surface area (Å²) in [6.45, 7) is 10.9. The van der Waals surface area contributed by atoms with E-state index < -0.39 is 5.92 Å². The maximum atomic E-state index is 13.8. The lowest BCUT2D eigenvalue weighted by molar-refractivity contribution is -0.118. The summed E-state index contributed by atoms with van der Waals surface area (Å²) in [4.78, 5) is 27.4. The number of carbonyl (C=O) groups is 2. The fourth-order valence-corrected chi connectivity index (χ4v) is 5.13. The molecule has 35 heavy (non-hydrogen) atoms. The molecule has 0 unspecified atom stereocenters. The number of anilines is 1. The topological polar surface area (TPSA) is 67.4 Å². The lowest BCUT2D eigenvalue weighted by Gasteiger charge is -2.40. The van der Waals surface area contributed by atoms with Crippen LogP contribution in [0.4, 0.5) is 5.69 Å². The van der Waals surface area contributed by atoms with Gasteiger partial charge in [0.25, 0.3) is 5.91 Å². The van der Waals surface area contributed by atoms with Gasteiger partial charge in [0.05, 0.1) is 12.5 Å². The predicted molar refractivity (Wildman–Crippen MR) is 140 cm³/mol. The number of carbonyl (C=O) groups excluding carboxylic acids is 2. The summed E-state index contributed by atoms with van der Waals surface area (Å²) in [5.41, 5.74) is 5.42. The van der Waals surface area contributed by atoms with Gasteiger partial charge in [0.1, 0.15) is 5.75 Å². The number of nitrogens with one attached hydrogen (secondary N) is 2. The van der Waals surface area contributed by atoms with Crippen molar-refractivity contribution >= 4 is 17.4 Å². The molecular formula is C30H36N2O3. The lowest BCUT2D eigenvalue weighted by Crippen LogP contribution is -2.39. The van der Waals surface area contributed by atoms with Crippen molar-refractivity contribution in [2.75, 3.05) is 11.9 Å². The molecule has 1 heterocycles. The number of hydrogen-bond donors (Lipinski definition) is 2. The molecule has 2 N–H and O–H groups in total. The SMILES string of the molecule is CCCCOc1ccccc1[C@@H]1C(C(=O)Nc2ccccc2C)=C(C)NC2=C1C(=O)CC(C)(C)C2. The number of aryl methyl sites for hydroxylation is 1. The minimum Gasteiger partial charge on any atom is -0.493 e. The number of ketones is 1. The minimum absolute atomic E-state index is 0.0887. The number of rotatable bonds is 7. The number of benzene rings is 2. The Morgan fingerprint density at radius 2 is 1.80 bits per heavy atom. The molecule has 0 aromatic heterocycles. The first-order chi connectivity index (χ1) is 16.7. The molecule has 0 saturated heterocycles. The van der Waals surface area contributed by atoms with Crippen molar-refractivity contribution in [1.82, 2.24) is 5.32 Å². The summed E-state index contributed by atoms with van der Waals surface area (Å²) in [6, 6.07) is 15.5. The largest absolute Gasteiger partial charge is 0.493 e. The highest BCUT2D eigenvalue weighted by atomic mass is 16.5. The third-order valence-corrected chi connectivity index (χ3v) is 6.86. The number of dihydropyridines is 1. The van der Waals surface area contributed by atoms with Gasteiger partial charge in [-0.2, -0.15) is 0 Å². The van der Waals surface area contributed by atoms with E-state index in [1.54, 1.807) is 0 Å². The smallest absolute Gasteiger partial charge is 0.254 e. The van der Waals surface area contributed by atoms with Crippen LogP contribution in [0.1, 0.15) is 70.4 Å². The third-order valence-electron chi connectivity index (χ3n) is 6.86. The van der Waals surface area contributed by atoms with Crippen LogP contribution >= 0.6 is 0 Å². The molecule has 2 aliphatic rings. The Morgan fingerprint density at radius 3 is 2.54 bits per heavy atom. The van der Waals surface area contributed by atoms with Crippen molar-refractivity contribution in [3.05, 3.63) is 82.2 Å². The van der Waals surface area contributed by atoms with E-state index in [0.29, 0.717) is 24.2 Å². The van der Waals surface area contributed by atoms with Crippen LogP contribution in [0, 0.1) is 12.3 Å². The molecule has 2 aromatic carbocycles. The molecule has 1 aliphatic carbocycles. The second-order valence-corrected chi connectivity index (χ2v) is 10.4. The van der Waals surface area contributed by atoms with E-state index in [1.165, 1.54) is 0 Å². The van der Waals surface area contributed by atoms with Crippen LogP contribution in [0.2, 0.25) is 0 Å². The summed E-state index contributed by atoms with van der Waals surface area (Å²) in [7, 11) is 0. The molecule has 0 radical (unpaired) electrons. The van der Waals surface area contributed by atoms with Gasteiger partial charge in [-0.25, -0.2) is 0 Å². The number of Topliss-reactive ketones (excluding diaryl/α,β-unsaturated/α-hetero) is 1. The van der Waals surface area contributed by atoms with Gasteiger partial charge in [-0.05, 0) is 49.8 Å². The standard InChI is InChI=1S/C30H36N2O3/c1-6-7-16-35-25-15-11-9-13-21(25)27-26(29(34)32-22-14-10-8-12-19(22)2)20(3)31-23-17-30(4,5)18-24(33)28(23)27/h8-15,27,31H,6-7,16-18H2,1-5H3,(H,32,34)/t27-/m1/s1. The highest BCUT2D eigenvalue weighted by molar-refractivity contribution is 6.10. The zero-order valence-electron chi connectivity index (χ0n) is 21.5. The van der Waals surface area contributed by atoms with Gasteiger partial charge in [-0.3, -0.25) is 9.59 Å². The van der Waals surface area contributed by atoms with Crippen LogP contribution in [0.25, 0.3) is 0 Å². The number of hydrogen-bond acceptors (Lipinski definition) is 4. The Morgan fingerprint density at radius 1 is 1.09 bits per heavy atom. The van der Waals surface area contributed by atoms with Crippen LogP contribution in [0.5, 0.6) is 5.75 Å². The van der Waals surface area contributed by atoms with Crippen molar-refractivity contribution in [3.8, 4) is 5.75 Å². The number of ether oxygens (including phenoxy) is 1. The predicted octanol–water partition coefficient (Wildman–Crippen LogP) is 6.42. The van der Waals surface area contributed by atoms with Crippen LogP contribution in [0.15, 0.2) is 71.1 Å². The summed E-state index contributed by atoms with van der Waals surface area (Å²) < 4.78 is 6.18. The normalized spacial score (nSPS) is 19.2. The summed E-state index contributed by atoms with van der Waals surface area (Å²) in [5, 5.41) is 6.54. The number of amides is 1. The molecule has 4 rings (SSSR count). The van der Waals surface area contributed by atoms with Crippen molar-refractivity contribution < 1.29 is 14.3 Å². The van der Waals surface area contributed by atoms with Gasteiger partial charge < -0.3 is 15.4 Å². The fraction of sp³-hybridized carbons (Fsp3) is 0.400. The zero-order valence-corrected chi connectivity index (χ0v) is 21.5. The molecule has 1 amide bonds. The summed E-state index contributed by atoms with van der Waals surface area (Å²) >= 11 is 0. The Kier molecular flexibility index (Phi) is 7.15. The second kappa shape index (κ2) is 10.1. The van der Waals surface area contributed by atoms with Crippen LogP contribution in [-0.4, -0.2) is 18.3 Å². The van der Waals surface area contributed by atoms with Crippen molar-refractivity contribution in [2.24, 2.45) is 5.41 Å². The van der Waals surface area contributed by atoms with Crippen molar-refractivity contribution in [2.45, 2.75) is 66.2 Å². The first-order valence-corrected chi connectivity index (χ1v) is 12.5. The molecule has 0 bridgehead atoms. The Bertz CT molecular complexity index is 1210. The maximum absolute atomic E-state index is 13.8. The first-order valence-electron chi connectivity index (χ1n) is 12.5. The molecule has 0 spiro atoms. The molecule has 2 aromatic rings. The Hall–Kier alpha value is -3.34. The van der Waals surface area contributed by atoms with Gasteiger partial charge >= 0.3 is 0 Å². The molecular weight excluding hydrogens is 436 g/mol. The molecule has 1 aliphatic heterocycles. The highest BCUT2D eigenvalue weighted by Gasteiger charge is 2.43. The molecule has 0 fully saturated rings. The van der Waals surface area contributed by atoms with E-state index in [0.717, 1.165) is 53.2 Å². The molecule has 0 saturated carbocycles. The summed E-state index contributed by atoms with van der Waals surface area (Å²) in [5.74, 6) is 0.121. The van der Waals surface area contributed by atoms with Gasteiger partial charge in [0, 0.05) is 40.2 Å².